The van der Waals surface area contributed by atoms with Gasteiger partial charge in [-0.25, -0.2) is 9.97 Å². The van der Waals surface area contributed by atoms with Gasteiger partial charge >= 0.3 is 0 Å². The average Bonchev–Trinajstić information content (AvgIpc) is 3.37. The van der Waals surface area contributed by atoms with Crippen LogP contribution in [-0.4, -0.2) is 53.6 Å². The van der Waals surface area contributed by atoms with Crippen molar-refractivity contribution in [3.63, 3.8) is 0 Å². The summed E-state index contributed by atoms with van der Waals surface area (Å²) in [5.41, 5.74) is 2.68. The first-order chi connectivity index (χ1) is 11.8. The summed E-state index contributed by atoms with van der Waals surface area (Å²) >= 11 is 0. The third-order valence-corrected chi connectivity index (χ3v) is 6.44. The van der Waals surface area contributed by atoms with E-state index in [1.807, 2.05) is 4.90 Å². The van der Waals surface area contributed by atoms with Gasteiger partial charge in [0.2, 0.25) is 5.91 Å². The summed E-state index contributed by atoms with van der Waals surface area (Å²) in [4.78, 5) is 26.2. The van der Waals surface area contributed by atoms with E-state index in [2.05, 4.69) is 14.9 Å². The van der Waals surface area contributed by atoms with Crippen molar-refractivity contribution in [2.45, 2.75) is 38.6 Å². The number of aromatic nitrogens is 2. The first-order valence-electron chi connectivity index (χ1n) is 9.21. The molecule has 6 heteroatoms. The van der Waals surface area contributed by atoms with Gasteiger partial charge in [-0.15, -0.1) is 0 Å². The summed E-state index contributed by atoms with van der Waals surface area (Å²) in [6.45, 7) is 4.75. The Morgan fingerprint density at radius 2 is 2.04 bits per heavy atom. The number of amides is 1. The zero-order chi connectivity index (χ0) is 16.1. The second-order valence-corrected chi connectivity index (χ2v) is 7.70. The Hall–Kier alpha value is -1.69. The zero-order valence-electron chi connectivity index (χ0n) is 14.0. The molecule has 1 aromatic rings. The normalized spacial score (nSPS) is 27.6. The lowest BCUT2D eigenvalue weighted by molar-refractivity contribution is -0.135. The number of carbonyl (C=O) groups excluding carboxylic acids is 1. The van der Waals surface area contributed by atoms with Crippen LogP contribution in [0.4, 0.5) is 5.82 Å². The van der Waals surface area contributed by atoms with E-state index in [0.717, 1.165) is 57.2 Å². The topological polar surface area (TPSA) is 58.6 Å². The van der Waals surface area contributed by atoms with Crippen LogP contribution in [0.1, 0.15) is 36.9 Å². The van der Waals surface area contributed by atoms with Crippen molar-refractivity contribution in [3.05, 3.63) is 17.6 Å². The fourth-order valence-corrected chi connectivity index (χ4v) is 4.67. The molecule has 1 spiro atoms. The molecule has 3 fully saturated rings. The molecule has 6 nitrogen and oxygen atoms in total. The Labute approximate surface area is 142 Å². The highest BCUT2D eigenvalue weighted by molar-refractivity contribution is 5.83. The lowest BCUT2D eigenvalue weighted by atomic mass is 9.79. The predicted octanol–water partition coefficient (Wildman–Crippen LogP) is 1.39. The monoisotopic (exact) mass is 328 g/mol. The molecule has 1 amide bonds. The molecule has 1 saturated heterocycles. The van der Waals surface area contributed by atoms with E-state index in [0.29, 0.717) is 23.8 Å². The number of ether oxygens (including phenoxy) is 1. The first kappa shape index (κ1) is 14.6. The van der Waals surface area contributed by atoms with E-state index in [1.54, 1.807) is 6.33 Å². The SMILES string of the molecule is O=C([C@@H]1CC12CCC2)N1CCc2c(ncnc2N2CCOCC2)C1. The number of rotatable bonds is 2. The second-order valence-electron chi connectivity index (χ2n) is 7.70. The van der Waals surface area contributed by atoms with Gasteiger partial charge in [-0.1, -0.05) is 6.42 Å². The van der Waals surface area contributed by atoms with Crippen LogP contribution >= 0.6 is 0 Å². The molecule has 24 heavy (non-hydrogen) atoms. The van der Waals surface area contributed by atoms with Crippen LogP contribution in [0.2, 0.25) is 0 Å². The smallest absolute Gasteiger partial charge is 0.226 e. The summed E-state index contributed by atoms with van der Waals surface area (Å²) in [6.07, 6.45) is 7.48. The molecule has 3 heterocycles. The lowest BCUT2D eigenvalue weighted by Crippen LogP contribution is -2.41. The number of fused-ring (bicyclic) bond motifs is 1. The van der Waals surface area contributed by atoms with Crippen molar-refractivity contribution >= 4 is 11.7 Å². The van der Waals surface area contributed by atoms with E-state index in [-0.39, 0.29) is 0 Å². The molecule has 0 N–H and O–H groups in total. The van der Waals surface area contributed by atoms with Crippen molar-refractivity contribution in [1.29, 1.82) is 0 Å². The Balaban J connectivity index is 1.33. The summed E-state index contributed by atoms with van der Waals surface area (Å²) in [7, 11) is 0. The van der Waals surface area contributed by atoms with Crippen LogP contribution < -0.4 is 4.90 Å². The molecular weight excluding hydrogens is 304 g/mol. The molecule has 1 atom stereocenters. The van der Waals surface area contributed by atoms with Gasteiger partial charge in [-0.05, 0) is 31.1 Å². The van der Waals surface area contributed by atoms with Crippen LogP contribution in [0.15, 0.2) is 6.33 Å². The van der Waals surface area contributed by atoms with Crippen molar-refractivity contribution in [2.24, 2.45) is 11.3 Å². The van der Waals surface area contributed by atoms with Gasteiger partial charge in [0.1, 0.15) is 12.1 Å². The standard InChI is InChI=1S/C18H24N4O2/c23-17(14-10-18(14)3-1-4-18)22-5-2-13-15(11-22)19-12-20-16(13)21-6-8-24-9-7-21/h12,14H,1-11H2/t14-/m0/s1. The second kappa shape index (κ2) is 5.41. The molecule has 4 aliphatic rings. The quantitative estimate of drug-likeness (QED) is 0.821. The average molecular weight is 328 g/mol. The Morgan fingerprint density at radius 3 is 2.75 bits per heavy atom. The molecule has 1 aromatic heterocycles. The molecule has 2 aliphatic heterocycles. The third-order valence-electron chi connectivity index (χ3n) is 6.44. The predicted molar refractivity (Wildman–Crippen MR) is 88.6 cm³/mol. The molecular formula is C18H24N4O2. The molecule has 0 unspecified atom stereocenters. The number of carbonyl (C=O) groups is 1. The third kappa shape index (κ3) is 2.23. The molecule has 0 radical (unpaired) electrons. The van der Waals surface area contributed by atoms with Crippen molar-refractivity contribution in [2.75, 3.05) is 37.7 Å². The van der Waals surface area contributed by atoms with Crippen molar-refractivity contribution in [3.8, 4) is 0 Å². The minimum atomic E-state index is 0.299. The van der Waals surface area contributed by atoms with Crippen LogP contribution in [0.3, 0.4) is 0 Å². The van der Waals surface area contributed by atoms with Gasteiger partial charge in [0.25, 0.3) is 0 Å². The van der Waals surface area contributed by atoms with Gasteiger partial charge in [0, 0.05) is 31.1 Å². The maximum atomic E-state index is 12.8. The molecule has 0 bridgehead atoms. The van der Waals surface area contributed by atoms with Crippen molar-refractivity contribution < 1.29 is 9.53 Å². The van der Waals surface area contributed by atoms with Crippen LogP contribution in [0.25, 0.3) is 0 Å². The highest BCUT2D eigenvalue weighted by atomic mass is 16.5. The van der Waals surface area contributed by atoms with Gasteiger partial charge in [-0.2, -0.15) is 0 Å². The molecule has 5 rings (SSSR count). The summed E-state index contributed by atoms with van der Waals surface area (Å²) < 4.78 is 5.44. The number of morpholine rings is 1. The Bertz CT molecular complexity index is 667. The van der Waals surface area contributed by atoms with E-state index in [9.17, 15) is 4.79 Å². The number of hydrogen-bond donors (Lipinski definition) is 0. The Morgan fingerprint density at radius 1 is 1.21 bits per heavy atom. The van der Waals surface area contributed by atoms with E-state index in [4.69, 9.17) is 4.74 Å². The maximum absolute atomic E-state index is 12.8. The maximum Gasteiger partial charge on any atom is 0.226 e. The summed E-state index contributed by atoms with van der Waals surface area (Å²) in [5.74, 6) is 1.72. The number of nitrogens with zero attached hydrogens (tertiary/aromatic N) is 4. The lowest BCUT2D eigenvalue weighted by Gasteiger charge is -2.34. The van der Waals surface area contributed by atoms with E-state index < -0.39 is 0 Å². The fraction of sp³-hybridized carbons (Fsp3) is 0.722. The number of hydrogen-bond acceptors (Lipinski definition) is 5. The summed E-state index contributed by atoms with van der Waals surface area (Å²) in [6, 6.07) is 0. The number of anilines is 1. The van der Waals surface area contributed by atoms with Gasteiger partial charge in [0.15, 0.2) is 0 Å². The highest BCUT2D eigenvalue weighted by Gasteiger charge is 2.61. The van der Waals surface area contributed by atoms with E-state index in [1.165, 1.54) is 24.8 Å². The van der Waals surface area contributed by atoms with Gasteiger partial charge in [-0.3, -0.25) is 4.79 Å². The first-order valence-corrected chi connectivity index (χ1v) is 9.21. The minimum absolute atomic E-state index is 0.299. The fourth-order valence-electron chi connectivity index (χ4n) is 4.67. The van der Waals surface area contributed by atoms with E-state index >= 15 is 0 Å². The van der Waals surface area contributed by atoms with Gasteiger partial charge < -0.3 is 14.5 Å². The van der Waals surface area contributed by atoms with Crippen LogP contribution in [0.5, 0.6) is 0 Å². The molecule has 0 aromatic carbocycles. The van der Waals surface area contributed by atoms with Crippen LogP contribution in [-0.2, 0) is 22.5 Å². The highest BCUT2D eigenvalue weighted by Crippen LogP contribution is 2.66. The van der Waals surface area contributed by atoms with Crippen molar-refractivity contribution in [1.82, 2.24) is 14.9 Å². The zero-order valence-corrected chi connectivity index (χ0v) is 14.0. The summed E-state index contributed by atoms with van der Waals surface area (Å²) in [5, 5.41) is 0. The molecule has 128 valence electrons. The van der Waals surface area contributed by atoms with Gasteiger partial charge in [0.05, 0.1) is 25.5 Å². The molecule has 2 saturated carbocycles. The Kier molecular flexibility index (Phi) is 3.30. The van der Waals surface area contributed by atoms with Crippen LogP contribution in [0, 0.1) is 11.3 Å². The molecule has 2 aliphatic carbocycles. The minimum Gasteiger partial charge on any atom is -0.378 e. The largest absolute Gasteiger partial charge is 0.378 e.